The monoisotopic (exact) mass is 240 g/mol. The highest BCUT2D eigenvalue weighted by atomic mass is 35.5. The minimum atomic E-state index is -0.294. The predicted octanol–water partition coefficient (Wildman–Crippen LogP) is 3.33. The highest BCUT2D eigenvalue weighted by Crippen LogP contribution is 2.38. The second kappa shape index (κ2) is 5.11. The van der Waals surface area contributed by atoms with E-state index in [4.69, 9.17) is 16.3 Å². The summed E-state index contributed by atoms with van der Waals surface area (Å²) >= 11 is 5.92. The first kappa shape index (κ1) is 11.8. The van der Waals surface area contributed by atoms with Crippen LogP contribution in [0.15, 0.2) is 12.3 Å². The molecule has 0 amide bonds. The number of nitrogens with zero attached hydrogens (tertiary/aromatic N) is 2. The standard InChI is InChI=1S/C12H17ClN2O/c1-2-16-12(7-4-3-5-8-12)11-14-9-6-10(13)15-11/h6,9H,2-5,7-8H2,1H3. The van der Waals surface area contributed by atoms with E-state index < -0.39 is 0 Å². The first-order chi connectivity index (χ1) is 7.77. The van der Waals surface area contributed by atoms with E-state index in [1.165, 1.54) is 19.3 Å². The van der Waals surface area contributed by atoms with Gasteiger partial charge in [0.15, 0.2) is 5.82 Å². The van der Waals surface area contributed by atoms with Gasteiger partial charge in [-0.2, -0.15) is 0 Å². The minimum absolute atomic E-state index is 0.294. The molecule has 16 heavy (non-hydrogen) atoms. The molecule has 2 rings (SSSR count). The molecule has 1 aromatic rings. The van der Waals surface area contributed by atoms with Gasteiger partial charge in [-0.3, -0.25) is 0 Å². The van der Waals surface area contributed by atoms with Crippen LogP contribution >= 0.6 is 11.6 Å². The van der Waals surface area contributed by atoms with Gasteiger partial charge in [0, 0.05) is 12.8 Å². The fourth-order valence-corrected chi connectivity index (χ4v) is 2.52. The summed E-state index contributed by atoms with van der Waals surface area (Å²) < 4.78 is 5.93. The third-order valence-electron chi connectivity index (χ3n) is 3.11. The number of ether oxygens (including phenoxy) is 1. The Labute approximate surface area is 101 Å². The lowest BCUT2D eigenvalue weighted by molar-refractivity contribution is -0.0767. The molecule has 1 aromatic heterocycles. The van der Waals surface area contributed by atoms with Crippen LogP contribution in [0.5, 0.6) is 0 Å². The average molecular weight is 241 g/mol. The summed E-state index contributed by atoms with van der Waals surface area (Å²) in [7, 11) is 0. The molecule has 1 aliphatic rings. The molecule has 1 fully saturated rings. The predicted molar refractivity (Wildman–Crippen MR) is 63.4 cm³/mol. The van der Waals surface area contributed by atoms with Crippen molar-refractivity contribution >= 4 is 11.6 Å². The van der Waals surface area contributed by atoms with Crippen LogP contribution in [0.3, 0.4) is 0 Å². The van der Waals surface area contributed by atoms with Gasteiger partial charge in [0.1, 0.15) is 10.8 Å². The minimum Gasteiger partial charge on any atom is -0.367 e. The van der Waals surface area contributed by atoms with E-state index in [9.17, 15) is 0 Å². The third-order valence-corrected chi connectivity index (χ3v) is 3.32. The Hall–Kier alpha value is -0.670. The van der Waals surface area contributed by atoms with E-state index in [-0.39, 0.29) is 5.60 Å². The molecule has 0 radical (unpaired) electrons. The maximum Gasteiger partial charge on any atom is 0.161 e. The second-order valence-electron chi connectivity index (χ2n) is 4.19. The number of aromatic nitrogens is 2. The van der Waals surface area contributed by atoms with Crippen molar-refractivity contribution in [3.63, 3.8) is 0 Å². The van der Waals surface area contributed by atoms with Gasteiger partial charge < -0.3 is 4.74 Å². The van der Waals surface area contributed by atoms with Crippen molar-refractivity contribution in [3.05, 3.63) is 23.2 Å². The Kier molecular flexibility index (Phi) is 3.77. The topological polar surface area (TPSA) is 35.0 Å². The van der Waals surface area contributed by atoms with Gasteiger partial charge in [-0.25, -0.2) is 9.97 Å². The number of rotatable bonds is 3. The molecule has 0 aromatic carbocycles. The molecule has 0 unspecified atom stereocenters. The van der Waals surface area contributed by atoms with Crippen LogP contribution in [0.1, 0.15) is 44.9 Å². The molecule has 88 valence electrons. The summed E-state index contributed by atoms with van der Waals surface area (Å²) in [5.74, 6) is 0.751. The lowest BCUT2D eigenvalue weighted by Crippen LogP contribution is -2.34. The van der Waals surface area contributed by atoms with Gasteiger partial charge >= 0.3 is 0 Å². The quantitative estimate of drug-likeness (QED) is 0.761. The van der Waals surface area contributed by atoms with Crippen molar-refractivity contribution in [1.82, 2.24) is 9.97 Å². The largest absolute Gasteiger partial charge is 0.367 e. The van der Waals surface area contributed by atoms with Gasteiger partial charge in [-0.05, 0) is 25.8 Å². The van der Waals surface area contributed by atoms with Crippen LogP contribution in [0, 0.1) is 0 Å². The van der Waals surface area contributed by atoms with E-state index in [1.54, 1.807) is 12.3 Å². The Morgan fingerprint density at radius 1 is 1.38 bits per heavy atom. The molecule has 1 heterocycles. The maximum absolute atomic E-state index is 5.93. The smallest absolute Gasteiger partial charge is 0.161 e. The Balaban J connectivity index is 2.30. The van der Waals surface area contributed by atoms with Gasteiger partial charge in [0.25, 0.3) is 0 Å². The fraction of sp³-hybridized carbons (Fsp3) is 0.667. The molecular weight excluding hydrogens is 224 g/mol. The van der Waals surface area contributed by atoms with Crippen LogP contribution in [-0.4, -0.2) is 16.6 Å². The van der Waals surface area contributed by atoms with Crippen LogP contribution in [-0.2, 0) is 10.3 Å². The molecule has 4 heteroatoms. The summed E-state index contributed by atoms with van der Waals surface area (Å²) in [4.78, 5) is 8.65. The van der Waals surface area contributed by atoms with Gasteiger partial charge in [-0.15, -0.1) is 0 Å². The Morgan fingerprint density at radius 2 is 2.12 bits per heavy atom. The summed E-state index contributed by atoms with van der Waals surface area (Å²) in [6.07, 6.45) is 7.34. The highest BCUT2D eigenvalue weighted by molar-refractivity contribution is 6.29. The van der Waals surface area contributed by atoms with Crippen LogP contribution < -0.4 is 0 Å². The molecule has 0 atom stereocenters. The summed E-state index contributed by atoms with van der Waals surface area (Å²) in [5, 5.41) is 0.495. The van der Waals surface area contributed by atoms with Crippen LogP contribution in [0.25, 0.3) is 0 Å². The second-order valence-corrected chi connectivity index (χ2v) is 4.58. The van der Waals surface area contributed by atoms with E-state index in [0.717, 1.165) is 18.7 Å². The average Bonchev–Trinajstić information content (AvgIpc) is 2.31. The van der Waals surface area contributed by atoms with Crippen molar-refractivity contribution < 1.29 is 4.74 Å². The highest BCUT2D eigenvalue weighted by Gasteiger charge is 2.37. The summed E-state index contributed by atoms with van der Waals surface area (Å²) in [6.45, 7) is 2.71. The number of halogens is 1. The van der Waals surface area contributed by atoms with Crippen LogP contribution in [0.4, 0.5) is 0 Å². The zero-order chi connectivity index (χ0) is 11.4. The molecule has 0 saturated heterocycles. The van der Waals surface area contributed by atoms with Gasteiger partial charge in [-0.1, -0.05) is 30.9 Å². The fourth-order valence-electron chi connectivity index (χ4n) is 2.39. The maximum atomic E-state index is 5.93. The molecule has 1 saturated carbocycles. The lowest BCUT2D eigenvalue weighted by atomic mass is 9.84. The molecular formula is C12H17ClN2O. The normalized spacial score (nSPS) is 19.6. The van der Waals surface area contributed by atoms with Crippen molar-refractivity contribution in [3.8, 4) is 0 Å². The van der Waals surface area contributed by atoms with Crippen LogP contribution in [0.2, 0.25) is 5.15 Å². The number of hydrogen-bond acceptors (Lipinski definition) is 3. The number of hydrogen-bond donors (Lipinski definition) is 0. The van der Waals surface area contributed by atoms with Gasteiger partial charge in [0.2, 0.25) is 0 Å². The molecule has 0 aliphatic heterocycles. The lowest BCUT2D eigenvalue weighted by Gasteiger charge is -2.35. The van der Waals surface area contributed by atoms with Crippen molar-refractivity contribution in [1.29, 1.82) is 0 Å². The third kappa shape index (κ3) is 2.36. The summed E-state index contributed by atoms with van der Waals surface area (Å²) in [5.41, 5.74) is -0.294. The van der Waals surface area contributed by atoms with E-state index in [1.807, 2.05) is 6.92 Å². The molecule has 0 bridgehead atoms. The summed E-state index contributed by atoms with van der Waals surface area (Å²) in [6, 6.07) is 1.70. The zero-order valence-corrected chi connectivity index (χ0v) is 10.3. The van der Waals surface area contributed by atoms with E-state index >= 15 is 0 Å². The first-order valence-corrected chi connectivity index (χ1v) is 6.27. The van der Waals surface area contributed by atoms with Gasteiger partial charge in [0.05, 0.1) is 0 Å². The molecule has 0 N–H and O–H groups in total. The molecule has 1 aliphatic carbocycles. The van der Waals surface area contributed by atoms with E-state index in [2.05, 4.69) is 9.97 Å². The van der Waals surface area contributed by atoms with Crippen molar-refractivity contribution in [2.24, 2.45) is 0 Å². The van der Waals surface area contributed by atoms with Crippen molar-refractivity contribution in [2.75, 3.05) is 6.61 Å². The SMILES string of the molecule is CCOC1(c2nccc(Cl)n2)CCCCC1. The van der Waals surface area contributed by atoms with E-state index in [0.29, 0.717) is 11.8 Å². The first-order valence-electron chi connectivity index (χ1n) is 5.90. The molecule has 0 spiro atoms. The van der Waals surface area contributed by atoms with Crippen molar-refractivity contribution in [2.45, 2.75) is 44.6 Å². The zero-order valence-electron chi connectivity index (χ0n) is 9.58. The molecule has 3 nitrogen and oxygen atoms in total. The Morgan fingerprint density at radius 3 is 2.75 bits per heavy atom. The Bertz CT molecular complexity index is 345.